The fourth-order valence-corrected chi connectivity index (χ4v) is 1.92. The van der Waals surface area contributed by atoms with Gasteiger partial charge in [-0.2, -0.15) is 0 Å². The van der Waals surface area contributed by atoms with Crippen LogP contribution in [-0.2, 0) is 16.1 Å². The molecule has 2 atom stereocenters. The summed E-state index contributed by atoms with van der Waals surface area (Å²) in [7, 11) is 1.44. The van der Waals surface area contributed by atoms with Crippen LogP contribution in [0.15, 0.2) is 30.3 Å². The highest BCUT2D eigenvalue weighted by Crippen LogP contribution is 2.17. The highest BCUT2D eigenvalue weighted by Gasteiger charge is 2.36. The predicted molar refractivity (Wildman–Crippen MR) is 63.9 cm³/mol. The molecule has 1 saturated heterocycles. The number of hydrogen-bond donors (Lipinski definition) is 0. The Balaban J connectivity index is 1.82. The fourth-order valence-electron chi connectivity index (χ4n) is 1.92. The Morgan fingerprint density at radius 2 is 2.11 bits per heavy atom. The number of carbonyl (C=O) groups is 1. The molecule has 2 rings (SSSR count). The van der Waals surface area contributed by atoms with Crippen LogP contribution in [-0.4, -0.2) is 43.5 Å². The van der Waals surface area contributed by atoms with Crippen molar-refractivity contribution in [3.05, 3.63) is 35.9 Å². The number of ether oxygens (including phenoxy) is 2. The molecule has 98 valence electrons. The smallest absolute Gasteiger partial charge is 0.410 e. The largest absolute Gasteiger partial charge is 0.445 e. The number of methoxy groups -OCH3 is 1. The molecule has 0 aromatic heterocycles. The van der Waals surface area contributed by atoms with E-state index < -0.39 is 18.4 Å². The number of benzene rings is 1. The van der Waals surface area contributed by atoms with Crippen molar-refractivity contribution in [2.45, 2.75) is 18.9 Å². The zero-order valence-electron chi connectivity index (χ0n) is 10.2. The van der Waals surface area contributed by atoms with Gasteiger partial charge in [-0.3, -0.25) is 0 Å². The van der Waals surface area contributed by atoms with E-state index in [9.17, 15) is 9.18 Å². The van der Waals surface area contributed by atoms with Crippen molar-refractivity contribution in [2.75, 3.05) is 20.2 Å². The van der Waals surface area contributed by atoms with Crippen molar-refractivity contribution < 1.29 is 18.7 Å². The molecule has 4 nitrogen and oxygen atoms in total. The van der Waals surface area contributed by atoms with E-state index in [0.29, 0.717) is 0 Å². The minimum Gasteiger partial charge on any atom is -0.445 e. The molecule has 1 aliphatic rings. The fraction of sp³-hybridized carbons (Fsp3) is 0.462. The van der Waals surface area contributed by atoms with Crippen LogP contribution < -0.4 is 0 Å². The molecule has 1 fully saturated rings. The molecule has 1 heterocycles. The average Bonchev–Trinajstić information content (AvgIpc) is 2.78. The van der Waals surface area contributed by atoms with Crippen LogP contribution in [0.3, 0.4) is 0 Å². The second-order valence-electron chi connectivity index (χ2n) is 4.24. The molecular formula is C13H16FNO3. The van der Waals surface area contributed by atoms with Crippen molar-refractivity contribution in [1.82, 2.24) is 4.90 Å². The van der Waals surface area contributed by atoms with Crippen molar-refractivity contribution in [3.8, 4) is 0 Å². The summed E-state index contributed by atoms with van der Waals surface area (Å²) in [6.45, 7) is 0.474. The minimum absolute atomic E-state index is 0.0339. The quantitative estimate of drug-likeness (QED) is 0.827. The highest BCUT2D eigenvalue weighted by molar-refractivity contribution is 5.68. The van der Waals surface area contributed by atoms with Gasteiger partial charge in [-0.15, -0.1) is 0 Å². The monoisotopic (exact) mass is 253 g/mol. The number of amides is 1. The molecule has 0 bridgehead atoms. The molecule has 0 aliphatic carbocycles. The zero-order chi connectivity index (χ0) is 13.0. The third kappa shape index (κ3) is 2.98. The lowest BCUT2D eigenvalue weighted by Crippen LogP contribution is -2.30. The summed E-state index contributed by atoms with van der Waals surface area (Å²) in [5, 5.41) is 0. The summed E-state index contributed by atoms with van der Waals surface area (Å²) in [6.07, 6.45) is -2.19. The van der Waals surface area contributed by atoms with Crippen LogP contribution in [0, 0.1) is 0 Å². The molecule has 1 aromatic carbocycles. The van der Waals surface area contributed by atoms with Gasteiger partial charge in [-0.1, -0.05) is 30.3 Å². The SMILES string of the molecule is COC1CN(C(=O)OCc2ccccc2)C[C@H]1F. The van der Waals surface area contributed by atoms with Gasteiger partial charge in [0.25, 0.3) is 0 Å². The van der Waals surface area contributed by atoms with Gasteiger partial charge in [0, 0.05) is 7.11 Å². The topological polar surface area (TPSA) is 38.8 Å². The van der Waals surface area contributed by atoms with Gasteiger partial charge in [-0.25, -0.2) is 9.18 Å². The van der Waals surface area contributed by atoms with E-state index in [2.05, 4.69) is 0 Å². The van der Waals surface area contributed by atoms with Crippen LogP contribution in [0.4, 0.5) is 9.18 Å². The van der Waals surface area contributed by atoms with Gasteiger partial charge in [-0.05, 0) is 5.56 Å². The molecule has 0 radical (unpaired) electrons. The Kier molecular flexibility index (Phi) is 4.15. The van der Waals surface area contributed by atoms with E-state index in [1.165, 1.54) is 12.0 Å². The molecule has 0 N–H and O–H groups in total. The number of nitrogens with zero attached hydrogens (tertiary/aromatic N) is 1. The second kappa shape index (κ2) is 5.82. The number of alkyl halides is 1. The Bertz CT molecular complexity index is 398. The maximum atomic E-state index is 13.4. The second-order valence-corrected chi connectivity index (χ2v) is 4.24. The van der Waals surface area contributed by atoms with Crippen LogP contribution in [0.25, 0.3) is 0 Å². The molecule has 1 aromatic rings. The molecule has 1 aliphatic heterocycles. The van der Waals surface area contributed by atoms with Gasteiger partial charge in [0.05, 0.1) is 13.1 Å². The average molecular weight is 253 g/mol. The standard InChI is InChI=1S/C13H16FNO3/c1-17-12-8-15(7-11(12)14)13(16)18-9-10-5-3-2-4-6-10/h2-6,11-12H,7-9H2,1H3/t11-,12?/m1/s1. The van der Waals surface area contributed by atoms with Crippen LogP contribution in [0.1, 0.15) is 5.56 Å². The first-order chi connectivity index (χ1) is 8.70. The molecule has 1 unspecified atom stereocenters. The van der Waals surface area contributed by atoms with Crippen LogP contribution in [0.2, 0.25) is 0 Å². The first kappa shape index (κ1) is 12.8. The Labute approximate surface area is 105 Å². The van der Waals surface area contributed by atoms with Crippen molar-refractivity contribution in [1.29, 1.82) is 0 Å². The molecule has 1 amide bonds. The van der Waals surface area contributed by atoms with Crippen LogP contribution >= 0.6 is 0 Å². The first-order valence-corrected chi connectivity index (χ1v) is 5.83. The van der Waals surface area contributed by atoms with Gasteiger partial charge in [0.2, 0.25) is 0 Å². The van der Waals surface area contributed by atoms with Crippen molar-refractivity contribution in [2.24, 2.45) is 0 Å². The van der Waals surface area contributed by atoms with Crippen LogP contribution in [0.5, 0.6) is 0 Å². The zero-order valence-corrected chi connectivity index (χ0v) is 10.2. The summed E-state index contributed by atoms with van der Waals surface area (Å²) in [5.74, 6) is 0. The van der Waals surface area contributed by atoms with Crippen molar-refractivity contribution >= 4 is 6.09 Å². The predicted octanol–water partition coefficient (Wildman–Crippen LogP) is 1.99. The van der Waals surface area contributed by atoms with E-state index in [4.69, 9.17) is 9.47 Å². The van der Waals surface area contributed by atoms with Crippen molar-refractivity contribution in [3.63, 3.8) is 0 Å². The Morgan fingerprint density at radius 1 is 1.39 bits per heavy atom. The van der Waals surface area contributed by atoms with E-state index in [1.54, 1.807) is 0 Å². The summed E-state index contributed by atoms with van der Waals surface area (Å²) in [5.41, 5.74) is 0.908. The van der Waals surface area contributed by atoms with E-state index in [0.717, 1.165) is 5.56 Å². The number of carbonyl (C=O) groups excluding carboxylic acids is 1. The lowest BCUT2D eigenvalue weighted by Gasteiger charge is -2.15. The lowest BCUT2D eigenvalue weighted by atomic mass is 10.2. The summed E-state index contributed by atoms with van der Waals surface area (Å²) < 4.78 is 23.4. The normalized spacial score (nSPS) is 23.1. The molecule has 5 heteroatoms. The Hall–Kier alpha value is -1.62. The number of rotatable bonds is 3. The van der Waals surface area contributed by atoms with E-state index in [-0.39, 0.29) is 19.7 Å². The van der Waals surface area contributed by atoms with Gasteiger partial charge in [0.1, 0.15) is 18.9 Å². The molecular weight excluding hydrogens is 237 g/mol. The first-order valence-electron chi connectivity index (χ1n) is 5.83. The van der Waals surface area contributed by atoms with E-state index >= 15 is 0 Å². The minimum atomic E-state index is -1.14. The van der Waals surface area contributed by atoms with Gasteiger partial charge < -0.3 is 14.4 Å². The van der Waals surface area contributed by atoms with Gasteiger partial charge in [0.15, 0.2) is 0 Å². The summed E-state index contributed by atoms with van der Waals surface area (Å²) in [6, 6.07) is 9.37. The maximum absolute atomic E-state index is 13.4. The number of likely N-dealkylation sites (tertiary alicyclic amines) is 1. The highest BCUT2D eigenvalue weighted by atomic mass is 19.1. The third-order valence-electron chi connectivity index (χ3n) is 2.96. The number of hydrogen-bond acceptors (Lipinski definition) is 3. The summed E-state index contributed by atoms with van der Waals surface area (Å²) >= 11 is 0. The van der Waals surface area contributed by atoms with Gasteiger partial charge >= 0.3 is 6.09 Å². The summed E-state index contributed by atoms with van der Waals surface area (Å²) in [4.78, 5) is 13.0. The molecule has 0 saturated carbocycles. The number of halogens is 1. The third-order valence-corrected chi connectivity index (χ3v) is 2.96. The maximum Gasteiger partial charge on any atom is 0.410 e. The molecule has 18 heavy (non-hydrogen) atoms. The van der Waals surface area contributed by atoms with E-state index in [1.807, 2.05) is 30.3 Å². The Morgan fingerprint density at radius 3 is 2.72 bits per heavy atom. The molecule has 0 spiro atoms. The lowest BCUT2D eigenvalue weighted by molar-refractivity contribution is 0.0602.